The first-order valence-corrected chi connectivity index (χ1v) is 7.92. The fraction of sp³-hybridized carbons (Fsp3) is 0.500. The number of carbonyl (C=O) groups excluding carboxylic acids is 2. The van der Waals surface area contributed by atoms with E-state index in [-0.39, 0.29) is 17.9 Å². The van der Waals surface area contributed by atoms with Crippen molar-refractivity contribution < 1.29 is 14.3 Å². The molecule has 0 spiro atoms. The van der Waals surface area contributed by atoms with Crippen molar-refractivity contribution in [3.63, 3.8) is 0 Å². The van der Waals surface area contributed by atoms with Gasteiger partial charge in [-0.15, -0.1) is 0 Å². The molecule has 0 saturated carbocycles. The molecule has 0 radical (unpaired) electrons. The van der Waals surface area contributed by atoms with Gasteiger partial charge in [-0.3, -0.25) is 4.79 Å². The van der Waals surface area contributed by atoms with Crippen LogP contribution in [0.2, 0.25) is 5.02 Å². The van der Waals surface area contributed by atoms with E-state index in [1.807, 2.05) is 18.2 Å². The molecule has 1 aromatic carbocycles. The van der Waals surface area contributed by atoms with Crippen LogP contribution in [0.1, 0.15) is 25.3 Å². The Morgan fingerprint density at radius 1 is 1.41 bits per heavy atom. The van der Waals surface area contributed by atoms with Crippen molar-refractivity contribution in [3.8, 4) is 0 Å². The number of nitrogens with one attached hydrogen (secondary N) is 1. The molecule has 2 rings (SSSR count). The Balaban J connectivity index is 1.87. The maximum absolute atomic E-state index is 12.3. The average Bonchev–Trinajstić information content (AvgIpc) is 2.54. The second kappa shape index (κ2) is 8.03. The largest absolute Gasteiger partial charge is 0.450 e. The van der Waals surface area contributed by atoms with Gasteiger partial charge in [0, 0.05) is 24.7 Å². The van der Waals surface area contributed by atoms with E-state index >= 15 is 0 Å². The number of amides is 2. The summed E-state index contributed by atoms with van der Waals surface area (Å²) in [4.78, 5) is 25.6. The van der Waals surface area contributed by atoms with Gasteiger partial charge < -0.3 is 15.0 Å². The molecular weight excluding hydrogens is 304 g/mol. The summed E-state index contributed by atoms with van der Waals surface area (Å²) in [5, 5.41) is 3.54. The Bertz CT molecular complexity index is 536. The molecule has 6 heteroatoms. The maximum atomic E-state index is 12.3. The monoisotopic (exact) mass is 324 g/mol. The minimum absolute atomic E-state index is 0.0473. The van der Waals surface area contributed by atoms with E-state index in [9.17, 15) is 9.59 Å². The fourth-order valence-electron chi connectivity index (χ4n) is 2.54. The smallest absolute Gasteiger partial charge is 0.409 e. The SMILES string of the molecule is CCOC(=O)N1CCCC(C(=O)NCc2ccccc2Cl)C1. The first-order valence-electron chi connectivity index (χ1n) is 7.54. The van der Waals surface area contributed by atoms with Crippen molar-refractivity contribution >= 4 is 23.6 Å². The molecule has 0 bridgehead atoms. The molecule has 1 unspecified atom stereocenters. The molecule has 120 valence electrons. The minimum Gasteiger partial charge on any atom is -0.450 e. The van der Waals surface area contributed by atoms with E-state index < -0.39 is 0 Å². The van der Waals surface area contributed by atoms with Crippen LogP contribution >= 0.6 is 11.6 Å². The van der Waals surface area contributed by atoms with Crippen LogP contribution in [0.3, 0.4) is 0 Å². The van der Waals surface area contributed by atoms with E-state index in [4.69, 9.17) is 16.3 Å². The predicted octanol–water partition coefficient (Wildman–Crippen LogP) is 2.82. The number of likely N-dealkylation sites (tertiary alicyclic amines) is 1. The Labute approximate surface area is 135 Å². The molecule has 0 aromatic heterocycles. The second-order valence-corrected chi connectivity index (χ2v) is 5.70. The Morgan fingerprint density at radius 3 is 2.91 bits per heavy atom. The molecule has 1 aromatic rings. The van der Waals surface area contributed by atoms with Gasteiger partial charge in [0.2, 0.25) is 5.91 Å². The number of hydrogen-bond acceptors (Lipinski definition) is 3. The molecule has 5 nitrogen and oxygen atoms in total. The zero-order valence-electron chi connectivity index (χ0n) is 12.7. The van der Waals surface area contributed by atoms with Gasteiger partial charge >= 0.3 is 6.09 Å². The third-order valence-corrected chi connectivity index (χ3v) is 4.10. The lowest BCUT2D eigenvalue weighted by atomic mass is 9.97. The molecule has 1 heterocycles. The topological polar surface area (TPSA) is 58.6 Å². The summed E-state index contributed by atoms with van der Waals surface area (Å²) in [6.45, 7) is 3.57. The van der Waals surface area contributed by atoms with E-state index in [0.29, 0.717) is 31.3 Å². The second-order valence-electron chi connectivity index (χ2n) is 5.29. The average molecular weight is 325 g/mol. The number of carbonyl (C=O) groups is 2. The van der Waals surface area contributed by atoms with Crippen molar-refractivity contribution in [1.29, 1.82) is 0 Å². The first kappa shape index (κ1) is 16.6. The Hall–Kier alpha value is -1.75. The fourth-order valence-corrected chi connectivity index (χ4v) is 2.74. The first-order chi connectivity index (χ1) is 10.6. The highest BCUT2D eigenvalue weighted by Gasteiger charge is 2.28. The van der Waals surface area contributed by atoms with Crippen LogP contribution in [-0.2, 0) is 16.1 Å². The van der Waals surface area contributed by atoms with Crippen molar-refractivity contribution in [2.24, 2.45) is 5.92 Å². The van der Waals surface area contributed by atoms with E-state index in [1.54, 1.807) is 17.9 Å². The third kappa shape index (κ3) is 4.37. The van der Waals surface area contributed by atoms with Crippen molar-refractivity contribution in [2.75, 3.05) is 19.7 Å². The third-order valence-electron chi connectivity index (χ3n) is 3.73. The zero-order valence-corrected chi connectivity index (χ0v) is 13.4. The lowest BCUT2D eigenvalue weighted by Gasteiger charge is -2.31. The molecule has 1 saturated heterocycles. The van der Waals surface area contributed by atoms with Gasteiger partial charge in [-0.05, 0) is 31.4 Å². The normalized spacial score (nSPS) is 17.9. The number of rotatable bonds is 4. The van der Waals surface area contributed by atoms with Gasteiger partial charge in [0.25, 0.3) is 0 Å². The summed E-state index contributed by atoms with van der Waals surface area (Å²) < 4.78 is 4.99. The van der Waals surface area contributed by atoms with Crippen LogP contribution < -0.4 is 5.32 Å². The summed E-state index contributed by atoms with van der Waals surface area (Å²) in [5.41, 5.74) is 0.885. The zero-order chi connectivity index (χ0) is 15.9. The summed E-state index contributed by atoms with van der Waals surface area (Å²) in [6, 6.07) is 7.42. The summed E-state index contributed by atoms with van der Waals surface area (Å²) >= 11 is 6.07. The molecule has 1 fully saturated rings. The predicted molar refractivity (Wildman–Crippen MR) is 84.6 cm³/mol. The molecule has 1 N–H and O–H groups in total. The summed E-state index contributed by atoms with van der Waals surface area (Å²) in [5.74, 6) is -0.241. The van der Waals surface area contributed by atoms with Gasteiger partial charge in [0.1, 0.15) is 0 Å². The van der Waals surface area contributed by atoms with Crippen LogP contribution in [0, 0.1) is 5.92 Å². The highest BCUT2D eigenvalue weighted by molar-refractivity contribution is 6.31. The lowest BCUT2D eigenvalue weighted by molar-refractivity contribution is -0.126. The lowest BCUT2D eigenvalue weighted by Crippen LogP contribution is -2.45. The molecule has 1 aliphatic rings. The van der Waals surface area contributed by atoms with Crippen LogP contribution in [0.25, 0.3) is 0 Å². The van der Waals surface area contributed by atoms with Gasteiger partial charge in [0.15, 0.2) is 0 Å². The number of benzene rings is 1. The highest BCUT2D eigenvalue weighted by Crippen LogP contribution is 2.19. The molecule has 2 amide bonds. The van der Waals surface area contributed by atoms with Crippen LogP contribution in [0.15, 0.2) is 24.3 Å². The Kier molecular flexibility index (Phi) is 6.07. The quantitative estimate of drug-likeness (QED) is 0.926. The van der Waals surface area contributed by atoms with Crippen LogP contribution in [0.4, 0.5) is 4.79 Å². The summed E-state index contributed by atoms with van der Waals surface area (Å²) in [6.07, 6.45) is 1.25. The van der Waals surface area contributed by atoms with Gasteiger partial charge in [-0.1, -0.05) is 29.8 Å². The number of ether oxygens (including phenoxy) is 1. The highest BCUT2D eigenvalue weighted by atomic mass is 35.5. The van der Waals surface area contributed by atoms with Crippen molar-refractivity contribution in [1.82, 2.24) is 10.2 Å². The molecule has 22 heavy (non-hydrogen) atoms. The van der Waals surface area contributed by atoms with E-state index in [1.165, 1.54) is 0 Å². The minimum atomic E-state index is -0.342. The molecular formula is C16H21ClN2O3. The van der Waals surface area contributed by atoms with Crippen molar-refractivity contribution in [2.45, 2.75) is 26.3 Å². The van der Waals surface area contributed by atoms with Crippen molar-refractivity contribution in [3.05, 3.63) is 34.9 Å². The van der Waals surface area contributed by atoms with E-state index in [0.717, 1.165) is 18.4 Å². The van der Waals surface area contributed by atoms with Gasteiger partial charge in [0.05, 0.1) is 12.5 Å². The Morgan fingerprint density at radius 2 is 2.18 bits per heavy atom. The molecule has 1 aliphatic heterocycles. The van der Waals surface area contributed by atoms with Crippen LogP contribution in [-0.4, -0.2) is 36.6 Å². The molecule has 0 aliphatic carbocycles. The van der Waals surface area contributed by atoms with E-state index in [2.05, 4.69) is 5.32 Å². The van der Waals surface area contributed by atoms with Gasteiger partial charge in [-0.25, -0.2) is 4.79 Å². The number of hydrogen-bond donors (Lipinski definition) is 1. The summed E-state index contributed by atoms with van der Waals surface area (Å²) in [7, 11) is 0. The van der Waals surface area contributed by atoms with Gasteiger partial charge in [-0.2, -0.15) is 0 Å². The standard InChI is InChI=1S/C16H21ClN2O3/c1-2-22-16(21)19-9-5-7-13(11-19)15(20)18-10-12-6-3-4-8-14(12)17/h3-4,6,8,13H,2,5,7,9-11H2,1H3,(H,18,20). The molecule has 1 atom stereocenters. The maximum Gasteiger partial charge on any atom is 0.409 e. The van der Waals surface area contributed by atoms with Crippen LogP contribution in [0.5, 0.6) is 0 Å². The number of nitrogens with zero attached hydrogens (tertiary/aromatic N) is 1. The number of halogens is 1. The number of piperidine rings is 1.